The first kappa shape index (κ1) is 30.2. The van der Waals surface area contributed by atoms with E-state index in [2.05, 4.69) is 15.2 Å². The highest BCUT2D eigenvalue weighted by Gasteiger charge is 2.27. The zero-order chi connectivity index (χ0) is 29.4. The zero-order valence-corrected chi connectivity index (χ0v) is 24.4. The highest BCUT2D eigenvalue weighted by molar-refractivity contribution is 7.90. The Morgan fingerprint density at radius 1 is 1.02 bits per heavy atom. The molecule has 0 saturated carbocycles. The number of benzene rings is 2. The van der Waals surface area contributed by atoms with Gasteiger partial charge in [-0.2, -0.15) is 0 Å². The van der Waals surface area contributed by atoms with Crippen molar-refractivity contribution in [1.29, 1.82) is 0 Å². The Morgan fingerprint density at radius 3 is 2.29 bits per heavy atom. The molecule has 0 aliphatic carbocycles. The summed E-state index contributed by atoms with van der Waals surface area (Å²) in [6.45, 7) is 5.12. The van der Waals surface area contributed by atoms with E-state index in [1.54, 1.807) is 24.3 Å². The van der Waals surface area contributed by atoms with Gasteiger partial charge in [0.25, 0.3) is 5.91 Å². The molecule has 218 valence electrons. The SMILES string of the molecule is CCN(C(=O)Cc1ccc(S(C)(=O)=O)cc1)C1CCN(CC[C@H](NC(=O)c2ccc(=O)[nH]c2)c2ccccc2)CC1. The van der Waals surface area contributed by atoms with Gasteiger partial charge in [0.1, 0.15) is 0 Å². The van der Waals surface area contributed by atoms with Crippen LogP contribution in [-0.4, -0.2) is 73.5 Å². The number of piperidine rings is 1. The fourth-order valence-corrected chi connectivity index (χ4v) is 5.97. The molecule has 1 saturated heterocycles. The van der Waals surface area contributed by atoms with Crippen molar-refractivity contribution in [3.05, 3.63) is 100.0 Å². The second-order valence-electron chi connectivity index (χ2n) is 10.5. The van der Waals surface area contributed by atoms with Crippen LogP contribution in [0.3, 0.4) is 0 Å². The number of likely N-dealkylation sites (N-methyl/N-ethyl adjacent to an activating group) is 1. The number of likely N-dealkylation sites (tertiary alicyclic amines) is 1. The molecular formula is C31H38N4O5S. The predicted octanol–water partition coefficient (Wildman–Crippen LogP) is 3.20. The first-order valence-electron chi connectivity index (χ1n) is 14.0. The summed E-state index contributed by atoms with van der Waals surface area (Å²) in [4.78, 5) is 44.5. The maximum Gasteiger partial charge on any atom is 0.253 e. The Labute approximate surface area is 241 Å². The highest BCUT2D eigenvalue weighted by atomic mass is 32.2. The average molecular weight is 579 g/mol. The molecule has 0 radical (unpaired) electrons. The minimum atomic E-state index is -3.27. The van der Waals surface area contributed by atoms with Crippen molar-refractivity contribution in [3.63, 3.8) is 0 Å². The third-order valence-corrected chi connectivity index (χ3v) is 8.78. The third kappa shape index (κ3) is 8.37. The first-order chi connectivity index (χ1) is 19.6. The van der Waals surface area contributed by atoms with Crippen LogP contribution in [0.2, 0.25) is 0 Å². The Bertz CT molecular complexity index is 1460. The molecule has 10 heteroatoms. The standard InChI is InChI=1S/C31H38N4O5S/c1-3-35(30(37)21-23-9-12-27(13-10-23)41(2,39)40)26-15-18-34(19-16-26)20-17-28(24-7-5-4-6-8-24)33-31(38)25-11-14-29(36)32-22-25/h4-14,22,26,28H,3,15-21H2,1-2H3,(H,32,36)(H,33,38)/t28-/m0/s1. The molecule has 1 fully saturated rings. The second-order valence-corrected chi connectivity index (χ2v) is 12.5. The van der Waals surface area contributed by atoms with Crippen molar-refractivity contribution >= 4 is 21.7 Å². The maximum absolute atomic E-state index is 13.2. The Hall–Kier alpha value is -3.76. The van der Waals surface area contributed by atoms with Gasteiger partial charge in [0, 0.05) is 50.7 Å². The smallest absolute Gasteiger partial charge is 0.253 e. The number of hydrogen-bond acceptors (Lipinski definition) is 6. The van der Waals surface area contributed by atoms with E-state index in [0.717, 1.165) is 50.0 Å². The van der Waals surface area contributed by atoms with Crippen molar-refractivity contribution in [2.45, 2.75) is 49.6 Å². The van der Waals surface area contributed by atoms with Gasteiger partial charge in [-0.3, -0.25) is 14.4 Å². The number of carbonyl (C=O) groups excluding carboxylic acids is 2. The summed E-state index contributed by atoms with van der Waals surface area (Å²) in [6.07, 6.45) is 5.30. The van der Waals surface area contributed by atoms with E-state index in [1.807, 2.05) is 42.2 Å². The Balaban J connectivity index is 1.31. The van der Waals surface area contributed by atoms with Gasteiger partial charge in [0.2, 0.25) is 11.5 Å². The van der Waals surface area contributed by atoms with Gasteiger partial charge < -0.3 is 20.1 Å². The molecule has 3 aromatic rings. The topological polar surface area (TPSA) is 120 Å². The van der Waals surface area contributed by atoms with Gasteiger partial charge in [0.15, 0.2) is 9.84 Å². The summed E-state index contributed by atoms with van der Waals surface area (Å²) < 4.78 is 23.4. The minimum Gasteiger partial charge on any atom is -0.345 e. The molecule has 1 aliphatic rings. The number of carbonyl (C=O) groups is 2. The van der Waals surface area contributed by atoms with Gasteiger partial charge in [-0.1, -0.05) is 42.5 Å². The summed E-state index contributed by atoms with van der Waals surface area (Å²) in [6, 6.07) is 19.2. The van der Waals surface area contributed by atoms with Gasteiger partial charge in [-0.25, -0.2) is 8.42 Å². The normalized spacial score (nSPS) is 15.3. The van der Waals surface area contributed by atoms with E-state index in [1.165, 1.54) is 24.6 Å². The quantitative estimate of drug-likeness (QED) is 0.361. The molecule has 4 rings (SSSR count). The number of aromatic amines is 1. The van der Waals surface area contributed by atoms with E-state index in [0.29, 0.717) is 12.1 Å². The van der Waals surface area contributed by atoms with E-state index >= 15 is 0 Å². The fraction of sp³-hybridized carbons (Fsp3) is 0.387. The number of hydrogen-bond donors (Lipinski definition) is 2. The first-order valence-corrected chi connectivity index (χ1v) is 15.9. The average Bonchev–Trinajstić information content (AvgIpc) is 2.97. The summed E-state index contributed by atoms with van der Waals surface area (Å²) in [5.41, 5.74) is 1.97. The van der Waals surface area contributed by atoms with Crippen LogP contribution in [0.4, 0.5) is 0 Å². The summed E-state index contributed by atoms with van der Waals surface area (Å²) >= 11 is 0. The molecule has 2 heterocycles. The molecule has 2 amide bonds. The molecule has 0 spiro atoms. The maximum atomic E-state index is 13.2. The van der Waals surface area contributed by atoms with Gasteiger partial charge >= 0.3 is 0 Å². The Kier molecular flexibility index (Phi) is 10.1. The van der Waals surface area contributed by atoms with Crippen molar-refractivity contribution in [2.24, 2.45) is 0 Å². The van der Waals surface area contributed by atoms with E-state index < -0.39 is 9.84 Å². The van der Waals surface area contributed by atoms with Crippen LogP contribution >= 0.6 is 0 Å². The lowest BCUT2D eigenvalue weighted by Gasteiger charge is -2.38. The van der Waals surface area contributed by atoms with E-state index in [-0.39, 0.29) is 40.8 Å². The highest BCUT2D eigenvalue weighted by Crippen LogP contribution is 2.22. The number of nitrogens with zero attached hydrogens (tertiary/aromatic N) is 2. The number of H-pyrrole nitrogens is 1. The Morgan fingerprint density at radius 2 is 1.71 bits per heavy atom. The molecule has 2 N–H and O–H groups in total. The number of pyridine rings is 1. The summed E-state index contributed by atoms with van der Waals surface area (Å²) in [5.74, 6) is -0.191. The van der Waals surface area contributed by atoms with Gasteiger partial charge in [-0.15, -0.1) is 0 Å². The van der Waals surface area contributed by atoms with Crippen LogP contribution in [0.5, 0.6) is 0 Å². The summed E-state index contributed by atoms with van der Waals surface area (Å²) in [5, 5.41) is 3.12. The van der Waals surface area contributed by atoms with Crippen LogP contribution in [0.25, 0.3) is 0 Å². The number of amides is 2. The monoisotopic (exact) mass is 578 g/mol. The molecule has 0 unspecified atom stereocenters. The van der Waals surface area contributed by atoms with Gasteiger partial charge in [0.05, 0.1) is 22.9 Å². The number of rotatable bonds is 11. The number of aromatic nitrogens is 1. The lowest BCUT2D eigenvalue weighted by atomic mass is 9.99. The van der Waals surface area contributed by atoms with Crippen molar-refractivity contribution in [3.8, 4) is 0 Å². The molecule has 0 bridgehead atoms. The molecule has 41 heavy (non-hydrogen) atoms. The molecule has 9 nitrogen and oxygen atoms in total. The molecule has 1 aliphatic heterocycles. The number of sulfone groups is 1. The van der Waals surface area contributed by atoms with Crippen LogP contribution < -0.4 is 10.9 Å². The zero-order valence-electron chi connectivity index (χ0n) is 23.6. The molecule has 1 aromatic heterocycles. The minimum absolute atomic E-state index is 0.0483. The molecule has 2 aromatic carbocycles. The lowest BCUT2D eigenvalue weighted by molar-refractivity contribution is -0.133. The van der Waals surface area contributed by atoms with Crippen molar-refractivity contribution in [1.82, 2.24) is 20.1 Å². The van der Waals surface area contributed by atoms with Crippen LogP contribution in [0, 0.1) is 0 Å². The largest absolute Gasteiger partial charge is 0.345 e. The van der Waals surface area contributed by atoms with Crippen molar-refractivity contribution in [2.75, 3.05) is 32.4 Å². The van der Waals surface area contributed by atoms with Crippen LogP contribution in [0.15, 0.2) is 82.6 Å². The molecular weight excluding hydrogens is 540 g/mol. The summed E-state index contributed by atoms with van der Waals surface area (Å²) in [7, 11) is -3.27. The van der Waals surface area contributed by atoms with Gasteiger partial charge in [-0.05, 0) is 55.5 Å². The molecule has 1 atom stereocenters. The predicted molar refractivity (Wildman–Crippen MR) is 158 cm³/mol. The number of nitrogens with one attached hydrogen (secondary N) is 2. The van der Waals surface area contributed by atoms with Crippen LogP contribution in [-0.2, 0) is 21.1 Å². The van der Waals surface area contributed by atoms with Crippen LogP contribution in [0.1, 0.15) is 53.7 Å². The van der Waals surface area contributed by atoms with Crippen molar-refractivity contribution < 1.29 is 18.0 Å². The fourth-order valence-electron chi connectivity index (χ4n) is 5.34. The third-order valence-electron chi connectivity index (χ3n) is 7.65. The lowest BCUT2D eigenvalue weighted by Crippen LogP contribution is -2.48. The van der Waals surface area contributed by atoms with E-state index in [9.17, 15) is 22.8 Å². The second kappa shape index (κ2) is 13.7. The van der Waals surface area contributed by atoms with E-state index in [4.69, 9.17) is 0 Å².